The van der Waals surface area contributed by atoms with Gasteiger partial charge in [-0.15, -0.1) is 0 Å². The SMILES string of the molecule is CCS(=O)(=O)Nc1ccccc1C1=NN(S(C)(=O)=O)[C@@H](c2ccc(OC)cc2)C1. The predicted octanol–water partition coefficient (Wildman–Crippen LogP) is 2.57. The third kappa shape index (κ3) is 4.70. The van der Waals surface area contributed by atoms with E-state index < -0.39 is 26.1 Å². The van der Waals surface area contributed by atoms with E-state index in [1.807, 2.05) is 0 Å². The standard InChI is InChI=1S/C19H23N3O5S2/c1-4-29(25,26)21-17-8-6-5-7-16(17)18-13-19(22(20-18)28(3,23)24)14-9-11-15(27-2)12-10-14/h5-12,19,21H,4,13H2,1-3H3/t19-/m1/s1. The van der Waals surface area contributed by atoms with Crippen molar-refractivity contribution in [1.82, 2.24) is 4.41 Å². The average Bonchev–Trinajstić information content (AvgIpc) is 3.14. The Hall–Kier alpha value is -2.59. The molecule has 1 heterocycles. The molecule has 0 fully saturated rings. The number of para-hydroxylation sites is 1. The maximum atomic E-state index is 12.4. The number of hydrazone groups is 1. The first kappa shape index (κ1) is 21.1. The average molecular weight is 438 g/mol. The van der Waals surface area contributed by atoms with E-state index in [4.69, 9.17) is 4.74 Å². The van der Waals surface area contributed by atoms with Gasteiger partial charge >= 0.3 is 0 Å². The molecule has 10 heteroatoms. The second kappa shape index (κ2) is 8.03. The van der Waals surface area contributed by atoms with E-state index in [2.05, 4.69) is 9.82 Å². The zero-order valence-electron chi connectivity index (χ0n) is 16.4. The summed E-state index contributed by atoms with van der Waals surface area (Å²) in [5, 5.41) is 4.34. The second-order valence-corrected chi connectivity index (χ2v) is 10.5. The molecule has 0 spiro atoms. The monoisotopic (exact) mass is 437 g/mol. The first-order chi connectivity index (χ1) is 13.6. The zero-order valence-corrected chi connectivity index (χ0v) is 18.0. The van der Waals surface area contributed by atoms with Gasteiger partial charge in [0.05, 0.1) is 36.6 Å². The van der Waals surface area contributed by atoms with Gasteiger partial charge in [-0.1, -0.05) is 30.3 Å². The molecular weight excluding hydrogens is 414 g/mol. The Kier molecular flexibility index (Phi) is 5.85. The van der Waals surface area contributed by atoms with Crippen LogP contribution in [-0.4, -0.2) is 46.1 Å². The van der Waals surface area contributed by atoms with Crippen LogP contribution in [0.5, 0.6) is 5.75 Å². The highest BCUT2D eigenvalue weighted by Gasteiger charge is 2.35. The summed E-state index contributed by atoms with van der Waals surface area (Å²) in [4.78, 5) is 0. The Balaban J connectivity index is 2.01. The molecule has 29 heavy (non-hydrogen) atoms. The maximum Gasteiger partial charge on any atom is 0.247 e. The summed E-state index contributed by atoms with van der Waals surface area (Å²) in [6.45, 7) is 1.54. The fraction of sp³-hybridized carbons (Fsp3) is 0.316. The molecule has 156 valence electrons. The summed E-state index contributed by atoms with van der Waals surface area (Å²) >= 11 is 0. The van der Waals surface area contributed by atoms with Gasteiger partial charge < -0.3 is 4.74 Å². The zero-order chi connectivity index (χ0) is 21.2. The van der Waals surface area contributed by atoms with E-state index in [0.717, 1.165) is 16.2 Å². The normalized spacial score (nSPS) is 17.1. The lowest BCUT2D eigenvalue weighted by atomic mass is 9.98. The van der Waals surface area contributed by atoms with Crippen LogP contribution in [0.3, 0.4) is 0 Å². The molecule has 3 rings (SSSR count). The molecule has 1 atom stereocenters. The molecule has 0 radical (unpaired) electrons. The van der Waals surface area contributed by atoms with Crippen molar-refractivity contribution in [3.8, 4) is 5.75 Å². The van der Waals surface area contributed by atoms with Crippen molar-refractivity contribution in [2.24, 2.45) is 5.10 Å². The van der Waals surface area contributed by atoms with E-state index in [1.165, 1.54) is 0 Å². The van der Waals surface area contributed by atoms with Crippen LogP contribution in [0.2, 0.25) is 0 Å². The molecular formula is C19H23N3O5S2. The number of anilines is 1. The number of benzene rings is 2. The third-order valence-corrected chi connectivity index (χ3v) is 6.90. The highest BCUT2D eigenvalue weighted by atomic mass is 32.2. The van der Waals surface area contributed by atoms with Gasteiger partial charge in [0.15, 0.2) is 0 Å². The first-order valence-corrected chi connectivity index (χ1v) is 12.5. The third-order valence-electron chi connectivity index (χ3n) is 4.60. The van der Waals surface area contributed by atoms with E-state index in [0.29, 0.717) is 29.1 Å². The largest absolute Gasteiger partial charge is 0.497 e. The van der Waals surface area contributed by atoms with Crippen LogP contribution in [0.1, 0.15) is 30.5 Å². The fourth-order valence-electron chi connectivity index (χ4n) is 3.09. The van der Waals surface area contributed by atoms with Gasteiger partial charge in [-0.2, -0.15) is 9.52 Å². The Morgan fingerprint density at radius 3 is 2.34 bits per heavy atom. The Morgan fingerprint density at radius 2 is 1.76 bits per heavy atom. The summed E-state index contributed by atoms with van der Waals surface area (Å²) in [6, 6.07) is 13.4. The molecule has 0 unspecified atom stereocenters. The minimum Gasteiger partial charge on any atom is -0.497 e. The molecule has 0 saturated heterocycles. The second-order valence-electron chi connectivity index (χ2n) is 6.63. The number of nitrogens with one attached hydrogen (secondary N) is 1. The van der Waals surface area contributed by atoms with E-state index in [-0.39, 0.29) is 5.75 Å². The van der Waals surface area contributed by atoms with Gasteiger partial charge in [0.1, 0.15) is 5.75 Å². The van der Waals surface area contributed by atoms with Gasteiger partial charge in [0.25, 0.3) is 0 Å². The summed E-state index contributed by atoms with van der Waals surface area (Å²) in [5.74, 6) is 0.593. The van der Waals surface area contributed by atoms with Gasteiger partial charge in [0, 0.05) is 12.0 Å². The van der Waals surface area contributed by atoms with Crippen molar-refractivity contribution in [1.29, 1.82) is 0 Å². The summed E-state index contributed by atoms with van der Waals surface area (Å²) in [5.41, 5.74) is 2.18. The number of hydrogen-bond donors (Lipinski definition) is 1. The van der Waals surface area contributed by atoms with Crippen molar-refractivity contribution >= 4 is 31.4 Å². The summed E-state index contributed by atoms with van der Waals surface area (Å²) in [7, 11) is -5.57. The molecule has 0 saturated carbocycles. The molecule has 0 bridgehead atoms. The lowest BCUT2D eigenvalue weighted by molar-refractivity contribution is 0.374. The van der Waals surface area contributed by atoms with Crippen molar-refractivity contribution in [2.45, 2.75) is 19.4 Å². The van der Waals surface area contributed by atoms with E-state index in [9.17, 15) is 16.8 Å². The smallest absolute Gasteiger partial charge is 0.247 e. The van der Waals surface area contributed by atoms with Crippen LogP contribution in [0.4, 0.5) is 5.69 Å². The molecule has 0 aromatic heterocycles. The summed E-state index contributed by atoms with van der Waals surface area (Å²) in [6.07, 6.45) is 1.41. The molecule has 2 aromatic carbocycles. The van der Waals surface area contributed by atoms with Crippen LogP contribution in [0.25, 0.3) is 0 Å². The van der Waals surface area contributed by atoms with Crippen LogP contribution in [-0.2, 0) is 20.0 Å². The lowest BCUT2D eigenvalue weighted by Crippen LogP contribution is -2.25. The Morgan fingerprint density at radius 1 is 1.10 bits per heavy atom. The van der Waals surface area contributed by atoms with E-state index in [1.54, 1.807) is 62.6 Å². The molecule has 0 amide bonds. The van der Waals surface area contributed by atoms with Gasteiger partial charge in [-0.05, 0) is 30.7 Å². The van der Waals surface area contributed by atoms with Crippen LogP contribution in [0, 0.1) is 0 Å². The topological polar surface area (TPSA) is 105 Å². The van der Waals surface area contributed by atoms with Crippen molar-refractivity contribution in [2.75, 3.05) is 23.8 Å². The number of nitrogens with zero attached hydrogens (tertiary/aromatic N) is 2. The van der Waals surface area contributed by atoms with Crippen molar-refractivity contribution < 1.29 is 21.6 Å². The van der Waals surface area contributed by atoms with Gasteiger partial charge in [-0.3, -0.25) is 4.72 Å². The molecule has 1 N–H and O–H groups in total. The van der Waals surface area contributed by atoms with Crippen molar-refractivity contribution in [3.63, 3.8) is 0 Å². The predicted molar refractivity (Wildman–Crippen MR) is 113 cm³/mol. The van der Waals surface area contributed by atoms with Gasteiger partial charge in [0.2, 0.25) is 20.0 Å². The van der Waals surface area contributed by atoms with Crippen LogP contribution in [0.15, 0.2) is 53.6 Å². The van der Waals surface area contributed by atoms with Gasteiger partial charge in [-0.25, -0.2) is 16.8 Å². The Bertz CT molecular complexity index is 1130. The molecule has 1 aliphatic heterocycles. The first-order valence-electron chi connectivity index (χ1n) is 8.95. The summed E-state index contributed by atoms with van der Waals surface area (Å²) < 4.78 is 57.6. The number of ether oxygens (including phenoxy) is 1. The minimum absolute atomic E-state index is 0.0717. The molecule has 2 aromatic rings. The number of hydrogen-bond acceptors (Lipinski definition) is 6. The molecule has 0 aliphatic carbocycles. The maximum absolute atomic E-state index is 12.4. The number of sulfonamides is 2. The van der Waals surface area contributed by atoms with E-state index >= 15 is 0 Å². The molecule has 1 aliphatic rings. The highest BCUT2D eigenvalue weighted by Crippen LogP contribution is 2.36. The quantitative estimate of drug-likeness (QED) is 0.717. The van der Waals surface area contributed by atoms with Crippen LogP contribution < -0.4 is 9.46 Å². The Labute approximate surface area is 171 Å². The van der Waals surface area contributed by atoms with Crippen LogP contribution >= 0.6 is 0 Å². The minimum atomic E-state index is -3.63. The number of rotatable bonds is 7. The highest BCUT2D eigenvalue weighted by molar-refractivity contribution is 7.92. The molecule has 8 nitrogen and oxygen atoms in total. The fourth-order valence-corrected chi connectivity index (χ4v) is 4.66. The lowest BCUT2D eigenvalue weighted by Gasteiger charge is -2.21. The number of methoxy groups -OCH3 is 1. The van der Waals surface area contributed by atoms with Crippen molar-refractivity contribution in [3.05, 3.63) is 59.7 Å².